The van der Waals surface area contributed by atoms with Gasteiger partial charge in [0, 0.05) is 17.8 Å². The molecule has 0 saturated carbocycles. The lowest BCUT2D eigenvalue weighted by Crippen LogP contribution is -2.10. The Hall–Kier alpha value is -2.80. The van der Waals surface area contributed by atoms with Crippen LogP contribution in [0.2, 0.25) is 0 Å². The highest BCUT2D eigenvalue weighted by atomic mass is 16.5. The van der Waals surface area contributed by atoms with Gasteiger partial charge in [-0.25, -0.2) is 9.78 Å². The van der Waals surface area contributed by atoms with Crippen LogP contribution in [0.15, 0.2) is 36.5 Å². The van der Waals surface area contributed by atoms with E-state index in [2.05, 4.69) is 9.72 Å². The van der Waals surface area contributed by atoms with Crippen molar-refractivity contribution in [3.63, 3.8) is 0 Å². The molecule has 7 heteroatoms. The third-order valence-electron chi connectivity index (χ3n) is 3.13. The summed E-state index contributed by atoms with van der Waals surface area (Å²) in [6.07, 6.45) is 0.556. The Morgan fingerprint density at radius 1 is 1.26 bits per heavy atom. The van der Waals surface area contributed by atoms with Crippen LogP contribution in [0.1, 0.15) is 22.0 Å². The normalized spacial score (nSPS) is 11.6. The molecule has 2 rings (SSSR count). The van der Waals surface area contributed by atoms with Crippen molar-refractivity contribution >= 4 is 5.97 Å². The molecular formula is C16H17NO6. The Labute approximate surface area is 133 Å². The number of aromatic nitrogens is 1. The molecule has 1 atom stereocenters. The maximum atomic E-state index is 11.3. The number of aliphatic hydroxyl groups is 1. The van der Waals surface area contributed by atoms with Crippen LogP contribution in [-0.4, -0.2) is 42.0 Å². The fourth-order valence-electron chi connectivity index (χ4n) is 1.86. The highest BCUT2D eigenvalue weighted by Crippen LogP contribution is 2.28. The van der Waals surface area contributed by atoms with E-state index >= 15 is 0 Å². The van der Waals surface area contributed by atoms with Crippen molar-refractivity contribution in [2.75, 3.05) is 20.8 Å². The summed E-state index contributed by atoms with van der Waals surface area (Å²) < 4.78 is 14.9. The molecule has 0 saturated heterocycles. The van der Waals surface area contributed by atoms with Gasteiger partial charge in [-0.3, -0.25) is 0 Å². The lowest BCUT2D eigenvalue weighted by atomic mass is 10.2. The summed E-state index contributed by atoms with van der Waals surface area (Å²) >= 11 is 0. The zero-order valence-electron chi connectivity index (χ0n) is 12.7. The van der Waals surface area contributed by atoms with Crippen molar-refractivity contribution in [1.29, 1.82) is 0 Å². The third kappa shape index (κ3) is 4.10. The number of hydrogen-bond acceptors (Lipinski definition) is 7. The molecule has 0 aliphatic carbocycles. The van der Waals surface area contributed by atoms with E-state index in [1.807, 2.05) is 0 Å². The highest BCUT2D eigenvalue weighted by molar-refractivity contribution is 5.90. The zero-order chi connectivity index (χ0) is 16.8. The topological polar surface area (TPSA) is 98.1 Å². The Morgan fingerprint density at radius 2 is 2.04 bits per heavy atom. The number of carbonyl (C=O) groups is 1. The van der Waals surface area contributed by atoms with Gasteiger partial charge < -0.3 is 24.4 Å². The summed E-state index contributed by atoms with van der Waals surface area (Å²) in [6.45, 7) is -0.0842. The van der Waals surface area contributed by atoms with Gasteiger partial charge in [-0.15, -0.1) is 0 Å². The lowest BCUT2D eigenvalue weighted by Gasteiger charge is -2.14. The molecule has 0 aliphatic rings. The largest absolute Gasteiger partial charge is 0.504 e. The maximum Gasteiger partial charge on any atom is 0.337 e. The van der Waals surface area contributed by atoms with Crippen LogP contribution >= 0.6 is 0 Å². The van der Waals surface area contributed by atoms with Crippen molar-refractivity contribution in [1.82, 2.24) is 4.98 Å². The maximum absolute atomic E-state index is 11.3. The predicted molar refractivity (Wildman–Crippen MR) is 80.7 cm³/mol. The number of esters is 1. The number of ether oxygens (including phenoxy) is 3. The Balaban J connectivity index is 2.00. The number of aromatic hydroxyl groups is 1. The van der Waals surface area contributed by atoms with Gasteiger partial charge in [-0.05, 0) is 24.3 Å². The van der Waals surface area contributed by atoms with Gasteiger partial charge in [-0.1, -0.05) is 0 Å². The van der Waals surface area contributed by atoms with Crippen LogP contribution in [-0.2, 0) is 4.74 Å². The quantitative estimate of drug-likeness (QED) is 0.782. The molecule has 1 heterocycles. The molecule has 7 nitrogen and oxygen atoms in total. The number of benzene rings is 1. The fraction of sp³-hybridized carbons (Fsp3) is 0.250. The Morgan fingerprint density at radius 3 is 2.61 bits per heavy atom. The predicted octanol–water partition coefficient (Wildman–Crippen LogP) is 1.69. The number of nitrogens with zero attached hydrogens (tertiary/aromatic N) is 1. The van der Waals surface area contributed by atoms with Crippen molar-refractivity contribution < 1.29 is 29.2 Å². The van der Waals surface area contributed by atoms with Crippen molar-refractivity contribution in [2.45, 2.75) is 6.10 Å². The van der Waals surface area contributed by atoms with Gasteiger partial charge in [-0.2, -0.15) is 0 Å². The van der Waals surface area contributed by atoms with E-state index in [1.54, 1.807) is 12.1 Å². The molecule has 0 amide bonds. The standard InChI is InChI=1S/C16H17NO6/c1-21-15-6-4-11(8-17-15)13(19)9-23-14-5-3-10(7-12(14)18)16(20)22-2/h3-8,13,18-19H,9H2,1-2H3. The summed E-state index contributed by atoms with van der Waals surface area (Å²) in [6, 6.07) is 7.42. The van der Waals surface area contributed by atoms with Crippen molar-refractivity contribution in [3.05, 3.63) is 47.7 Å². The minimum absolute atomic E-state index is 0.0842. The number of carbonyl (C=O) groups excluding carboxylic acids is 1. The molecule has 0 spiro atoms. The Bertz CT molecular complexity index is 671. The van der Waals surface area contributed by atoms with E-state index in [0.29, 0.717) is 11.4 Å². The van der Waals surface area contributed by atoms with Crippen molar-refractivity contribution in [2.24, 2.45) is 0 Å². The second-order valence-corrected chi connectivity index (χ2v) is 4.63. The summed E-state index contributed by atoms with van der Waals surface area (Å²) in [5.41, 5.74) is 0.758. The second-order valence-electron chi connectivity index (χ2n) is 4.63. The average molecular weight is 319 g/mol. The molecule has 0 fully saturated rings. The lowest BCUT2D eigenvalue weighted by molar-refractivity contribution is 0.0600. The first-order valence-corrected chi connectivity index (χ1v) is 6.77. The molecule has 122 valence electrons. The molecule has 0 aliphatic heterocycles. The summed E-state index contributed by atoms with van der Waals surface area (Å²) in [5, 5.41) is 19.9. The first-order valence-electron chi connectivity index (χ1n) is 6.77. The molecule has 2 N–H and O–H groups in total. The van der Waals surface area contributed by atoms with E-state index in [9.17, 15) is 15.0 Å². The summed E-state index contributed by atoms with van der Waals surface area (Å²) in [5.74, 6) is -0.180. The third-order valence-corrected chi connectivity index (χ3v) is 3.13. The number of pyridine rings is 1. The molecule has 1 aromatic heterocycles. The van der Waals surface area contributed by atoms with Gasteiger partial charge in [0.25, 0.3) is 0 Å². The molecule has 1 unspecified atom stereocenters. The van der Waals surface area contributed by atoms with Crippen LogP contribution in [0.25, 0.3) is 0 Å². The van der Waals surface area contributed by atoms with Gasteiger partial charge in [0.1, 0.15) is 12.7 Å². The number of aliphatic hydroxyl groups excluding tert-OH is 1. The minimum Gasteiger partial charge on any atom is -0.504 e. The zero-order valence-corrected chi connectivity index (χ0v) is 12.7. The van der Waals surface area contributed by atoms with Gasteiger partial charge in [0.05, 0.1) is 19.8 Å². The van der Waals surface area contributed by atoms with Crippen LogP contribution in [0, 0.1) is 0 Å². The number of hydrogen-bond donors (Lipinski definition) is 2. The molecule has 2 aromatic rings. The smallest absolute Gasteiger partial charge is 0.337 e. The van der Waals surface area contributed by atoms with E-state index < -0.39 is 12.1 Å². The second kappa shape index (κ2) is 7.46. The monoisotopic (exact) mass is 319 g/mol. The van der Waals surface area contributed by atoms with Crippen LogP contribution < -0.4 is 9.47 Å². The Kier molecular flexibility index (Phi) is 5.37. The first-order chi connectivity index (χ1) is 11.0. The summed E-state index contributed by atoms with van der Waals surface area (Å²) in [4.78, 5) is 15.3. The van der Waals surface area contributed by atoms with Crippen molar-refractivity contribution in [3.8, 4) is 17.4 Å². The molecule has 23 heavy (non-hydrogen) atoms. The highest BCUT2D eigenvalue weighted by Gasteiger charge is 2.13. The molecular weight excluding hydrogens is 302 g/mol. The number of methoxy groups -OCH3 is 2. The van der Waals surface area contributed by atoms with Crippen LogP contribution in [0.5, 0.6) is 17.4 Å². The average Bonchev–Trinajstić information content (AvgIpc) is 2.59. The van der Waals surface area contributed by atoms with Crippen LogP contribution in [0.4, 0.5) is 0 Å². The first kappa shape index (κ1) is 16.6. The van der Waals surface area contributed by atoms with E-state index in [4.69, 9.17) is 9.47 Å². The van der Waals surface area contributed by atoms with Gasteiger partial charge in [0.2, 0.25) is 5.88 Å². The van der Waals surface area contributed by atoms with E-state index in [-0.39, 0.29) is 23.7 Å². The molecule has 0 radical (unpaired) electrons. The minimum atomic E-state index is -0.923. The molecule has 1 aromatic carbocycles. The van der Waals surface area contributed by atoms with Gasteiger partial charge in [0.15, 0.2) is 11.5 Å². The number of phenols is 1. The molecule has 0 bridgehead atoms. The van der Waals surface area contributed by atoms with Gasteiger partial charge >= 0.3 is 5.97 Å². The summed E-state index contributed by atoms with van der Waals surface area (Å²) in [7, 11) is 2.76. The van der Waals surface area contributed by atoms with E-state index in [0.717, 1.165) is 0 Å². The number of rotatable bonds is 6. The van der Waals surface area contributed by atoms with E-state index in [1.165, 1.54) is 38.6 Å². The fourth-order valence-corrected chi connectivity index (χ4v) is 1.86. The number of phenolic OH excluding ortho intramolecular Hbond substituents is 1. The SMILES string of the molecule is COC(=O)c1ccc(OCC(O)c2ccc(OC)nc2)c(O)c1. The van der Waals surface area contributed by atoms with Crippen LogP contribution in [0.3, 0.4) is 0 Å².